The van der Waals surface area contributed by atoms with Crippen LogP contribution in [-0.4, -0.2) is 44.1 Å². The van der Waals surface area contributed by atoms with Gasteiger partial charge in [-0.3, -0.25) is 0 Å². The molecule has 6 nitrogen and oxygen atoms in total. The van der Waals surface area contributed by atoms with E-state index in [1.54, 1.807) is 0 Å². The van der Waals surface area contributed by atoms with Gasteiger partial charge >= 0.3 is 6.03 Å². The Labute approximate surface area is 123 Å². The van der Waals surface area contributed by atoms with Gasteiger partial charge in [-0.2, -0.15) is 0 Å². The Hall–Kier alpha value is -1.67. The van der Waals surface area contributed by atoms with Crippen LogP contribution < -0.4 is 10.6 Å². The van der Waals surface area contributed by atoms with E-state index in [9.17, 15) is 17.6 Å². The van der Waals surface area contributed by atoms with Crippen LogP contribution in [0.4, 0.5) is 14.9 Å². The number of hydrogen-bond acceptors (Lipinski definition) is 3. The highest BCUT2D eigenvalue weighted by atomic mass is 32.2. The smallest absolute Gasteiger partial charge is 0.319 e. The number of urea groups is 1. The second-order valence-electron chi connectivity index (χ2n) is 5.07. The van der Waals surface area contributed by atoms with Crippen molar-refractivity contribution in [3.05, 3.63) is 30.1 Å². The summed E-state index contributed by atoms with van der Waals surface area (Å²) in [5.74, 6) is -0.378. The Morgan fingerprint density at radius 3 is 2.62 bits per heavy atom. The lowest BCUT2D eigenvalue weighted by Crippen LogP contribution is -2.50. The topological polar surface area (TPSA) is 78.5 Å². The summed E-state index contributed by atoms with van der Waals surface area (Å²) < 4.78 is 37.1. The van der Waals surface area contributed by atoms with Crippen LogP contribution in [0.25, 0.3) is 0 Å². The van der Waals surface area contributed by atoms with Crippen LogP contribution in [0.3, 0.4) is 0 Å². The van der Waals surface area contributed by atoms with Crippen molar-refractivity contribution in [2.24, 2.45) is 0 Å². The number of piperidine rings is 1. The molecule has 1 aliphatic rings. The predicted molar refractivity (Wildman–Crippen MR) is 78.0 cm³/mol. The molecule has 0 spiro atoms. The fourth-order valence-electron chi connectivity index (χ4n) is 2.25. The van der Waals surface area contributed by atoms with E-state index in [1.165, 1.54) is 28.6 Å². The van der Waals surface area contributed by atoms with Gasteiger partial charge in [-0.1, -0.05) is 0 Å². The second-order valence-corrected chi connectivity index (χ2v) is 7.05. The van der Waals surface area contributed by atoms with Crippen molar-refractivity contribution in [1.29, 1.82) is 0 Å². The Balaban J connectivity index is 1.89. The molecule has 1 aromatic rings. The predicted octanol–water partition coefficient (Wildman–Crippen LogP) is 1.37. The molecule has 2 rings (SSSR count). The lowest BCUT2D eigenvalue weighted by Gasteiger charge is -2.31. The minimum Gasteiger partial charge on any atom is -0.334 e. The van der Waals surface area contributed by atoms with Gasteiger partial charge in [-0.05, 0) is 37.1 Å². The number of amides is 2. The van der Waals surface area contributed by atoms with Crippen LogP contribution in [0.5, 0.6) is 0 Å². The fourth-order valence-corrected chi connectivity index (χ4v) is 3.16. The molecule has 1 atom stereocenters. The van der Waals surface area contributed by atoms with E-state index in [2.05, 4.69) is 10.6 Å². The minimum absolute atomic E-state index is 0.228. The lowest BCUT2D eigenvalue weighted by molar-refractivity contribution is 0.236. The zero-order valence-electron chi connectivity index (χ0n) is 11.7. The summed E-state index contributed by atoms with van der Waals surface area (Å²) in [6, 6.07) is 4.76. The van der Waals surface area contributed by atoms with Gasteiger partial charge in [0.2, 0.25) is 10.0 Å². The van der Waals surface area contributed by atoms with Gasteiger partial charge in [0, 0.05) is 24.8 Å². The minimum atomic E-state index is -3.24. The molecule has 0 saturated carbocycles. The van der Waals surface area contributed by atoms with E-state index in [4.69, 9.17) is 0 Å². The molecule has 1 heterocycles. The molecule has 2 N–H and O–H groups in total. The van der Waals surface area contributed by atoms with Gasteiger partial charge in [0.25, 0.3) is 0 Å². The van der Waals surface area contributed by atoms with Crippen LogP contribution >= 0.6 is 0 Å². The Morgan fingerprint density at radius 1 is 1.33 bits per heavy atom. The Bertz CT molecular complexity index is 604. The molecule has 1 unspecified atom stereocenters. The Kier molecular flexibility index (Phi) is 4.79. The van der Waals surface area contributed by atoms with Crippen LogP contribution in [-0.2, 0) is 10.0 Å². The maximum absolute atomic E-state index is 12.8. The maximum Gasteiger partial charge on any atom is 0.319 e. The molecule has 0 aromatic heterocycles. The Morgan fingerprint density at radius 2 is 2.00 bits per heavy atom. The normalized spacial score (nSPS) is 20.0. The molecule has 1 aliphatic heterocycles. The molecule has 8 heteroatoms. The number of benzene rings is 1. The highest BCUT2D eigenvalue weighted by Gasteiger charge is 2.26. The molecular formula is C13H18FN3O3S. The largest absolute Gasteiger partial charge is 0.334 e. The summed E-state index contributed by atoms with van der Waals surface area (Å²) in [4.78, 5) is 11.8. The third-order valence-electron chi connectivity index (χ3n) is 3.29. The molecule has 116 valence electrons. The summed E-state index contributed by atoms with van der Waals surface area (Å²) in [6.07, 6.45) is 2.59. The summed E-state index contributed by atoms with van der Waals surface area (Å²) in [7, 11) is -3.24. The van der Waals surface area contributed by atoms with Crippen molar-refractivity contribution in [3.63, 3.8) is 0 Å². The molecule has 21 heavy (non-hydrogen) atoms. The fraction of sp³-hybridized carbons (Fsp3) is 0.462. The maximum atomic E-state index is 12.8. The van der Waals surface area contributed by atoms with Crippen molar-refractivity contribution >= 4 is 21.7 Å². The first-order chi connectivity index (χ1) is 9.84. The van der Waals surface area contributed by atoms with Crippen LogP contribution in [0.1, 0.15) is 12.8 Å². The van der Waals surface area contributed by atoms with Crippen molar-refractivity contribution in [2.45, 2.75) is 18.9 Å². The number of sulfonamides is 1. The number of hydrogen-bond donors (Lipinski definition) is 2. The van der Waals surface area contributed by atoms with E-state index in [0.717, 1.165) is 12.7 Å². The first kappa shape index (κ1) is 15.7. The monoisotopic (exact) mass is 315 g/mol. The number of carbonyl (C=O) groups is 1. The highest BCUT2D eigenvalue weighted by Crippen LogP contribution is 2.13. The standard InChI is InChI=1S/C13H18FN3O3S/c1-21(19,20)17-8-2-3-12(9-17)16-13(18)15-11-6-4-10(14)5-7-11/h4-7,12H,2-3,8-9H2,1H3,(H2,15,16,18). The first-order valence-electron chi connectivity index (χ1n) is 6.63. The molecule has 0 aliphatic carbocycles. The highest BCUT2D eigenvalue weighted by molar-refractivity contribution is 7.88. The van der Waals surface area contributed by atoms with E-state index in [0.29, 0.717) is 18.7 Å². The van der Waals surface area contributed by atoms with Gasteiger partial charge < -0.3 is 10.6 Å². The number of nitrogens with zero attached hydrogens (tertiary/aromatic N) is 1. The van der Waals surface area contributed by atoms with E-state index in [-0.39, 0.29) is 18.4 Å². The summed E-state index contributed by atoms with van der Waals surface area (Å²) >= 11 is 0. The third-order valence-corrected chi connectivity index (χ3v) is 4.56. The molecule has 1 saturated heterocycles. The first-order valence-corrected chi connectivity index (χ1v) is 8.47. The average Bonchev–Trinajstić information content (AvgIpc) is 2.41. The van der Waals surface area contributed by atoms with Crippen LogP contribution in [0, 0.1) is 5.82 Å². The summed E-state index contributed by atoms with van der Waals surface area (Å²) in [5.41, 5.74) is 0.477. The molecular weight excluding hydrogens is 297 g/mol. The summed E-state index contributed by atoms with van der Waals surface area (Å²) in [5, 5.41) is 5.32. The summed E-state index contributed by atoms with van der Waals surface area (Å²) in [6.45, 7) is 0.756. The second kappa shape index (κ2) is 6.40. The van der Waals surface area contributed by atoms with Crippen LogP contribution in [0.15, 0.2) is 24.3 Å². The number of anilines is 1. The molecule has 0 bridgehead atoms. The van der Waals surface area contributed by atoms with Gasteiger partial charge in [-0.15, -0.1) is 0 Å². The zero-order valence-corrected chi connectivity index (χ0v) is 12.5. The SMILES string of the molecule is CS(=O)(=O)N1CCCC(NC(=O)Nc2ccc(F)cc2)C1. The third kappa shape index (κ3) is 4.68. The van der Waals surface area contributed by atoms with Gasteiger partial charge in [0.05, 0.1) is 6.26 Å². The average molecular weight is 315 g/mol. The van der Waals surface area contributed by atoms with Gasteiger partial charge in [0.15, 0.2) is 0 Å². The van der Waals surface area contributed by atoms with E-state index < -0.39 is 16.1 Å². The quantitative estimate of drug-likeness (QED) is 0.884. The molecule has 1 aromatic carbocycles. The molecule has 2 amide bonds. The van der Waals surface area contributed by atoms with E-state index in [1.807, 2.05) is 0 Å². The lowest BCUT2D eigenvalue weighted by atomic mass is 10.1. The van der Waals surface area contributed by atoms with Gasteiger partial charge in [0.1, 0.15) is 5.82 Å². The molecule has 0 radical (unpaired) electrons. The zero-order chi connectivity index (χ0) is 15.5. The number of halogens is 1. The number of carbonyl (C=O) groups excluding carboxylic acids is 1. The van der Waals surface area contributed by atoms with Crippen molar-refractivity contribution in [2.75, 3.05) is 24.7 Å². The number of nitrogens with one attached hydrogen (secondary N) is 2. The van der Waals surface area contributed by atoms with E-state index >= 15 is 0 Å². The van der Waals surface area contributed by atoms with Crippen LogP contribution in [0.2, 0.25) is 0 Å². The van der Waals surface area contributed by atoms with Crippen molar-refractivity contribution in [3.8, 4) is 0 Å². The van der Waals surface area contributed by atoms with Crippen molar-refractivity contribution in [1.82, 2.24) is 9.62 Å². The molecule has 1 fully saturated rings. The number of rotatable bonds is 3. The van der Waals surface area contributed by atoms with Crippen molar-refractivity contribution < 1.29 is 17.6 Å². The van der Waals surface area contributed by atoms with Gasteiger partial charge in [-0.25, -0.2) is 21.9 Å².